The van der Waals surface area contributed by atoms with Gasteiger partial charge in [0.05, 0.1) is 6.26 Å². The summed E-state index contributed by atoms with van der Waals surface area (Å²) in [4.78, 5) is 120. The van der Waals surface area contributed by atoms with Crippen LogP contribution in [0.25, 0.3) is 0 Å². The lowest BCUT2D eigenvalue weighted by atomic mass is 10.1. The lowest BCUT2D eigenvalue weighted by molar-refractivity contribution is -0.119. The van der Waals surface area contributed by atoms with Gasteiger partial charge in [0.25, 0.3) is 0 Å². The van der Waals surface area contributed by atoms with E-state index in [1.807, 2.05) is 50.5 Å². The van der Waals surface area contributed by atoms with Crippen molar-refractivity contribution in [1.29, 1.82) is 0 Å². The number of nitrogens with one attached hydrogen (secondary N) is 16. The first-order valence-electron chi connectivity index (χ1n) is 40.9. The number of rotatable bonds is 23. The Morgan fingerprint density at radius 1 is 0.341 bits per heavy atom. The molecule has 18 rings (SSSR count). The van der Waals surface area contributed by atoms with E-state index >= 15 is 0 Å². The fourth-order valence-corrected chi connectivity index (χ4v) is 17.8. The molecule has 1 amide bonds. The molecule has 8 atom stereocenters. The van der Waals surface area contributed by atoms with Gasteiger partial charge in [0.2, 0.25) is 15.9 Å². The van der Waals surface area contributed by atoms with Gasteiger partial charge in [-0.2, -0.15) is 0 Å². The molecule has 0 saturated carbocycles. The van der Waals surface area contributed by atoms with E-state index < -0.39 is 57.8 Å². The van der Waals surface area contributed by atoms with Gasteiger partial charge in [0.1, 0.15) is 45.6 Å². The molecule has 0 bridgehead atoms. The Balaban J connectivity index is 0.000000138. The quantitative estimate of drug-likeness (QED) is 0.0289. The summed E-state index contributed by atoms with van der Waals surface area (Å²) < 4.78 is 24.5. The monoisotopic (exact) mass is 1710 g/mol. The fourth-order valence-electron chi connectivity index (χ4n) is 17.0. The number of likely N-dealkylation sites (N-methyl/N-ethyl adjacent to an activating group) is 2. The van der Waals surface area contributed by atoms with Crippen LogP contribution in [-0.2, 0) is 111 Å². The van der Waals surface area contributed by atoms with Crippen LogP contribution in [0.4, 0.5) is 0 Å². The second kappa shape index (κ2) is 41.4. The molecule has 24 N–H and O–H groups in total. The molecule has 656 valence electrons. The lowest BCUT2D eigenvalue weighted by Crippen LogP contribution is -2.34. The van der Waals surface area contributed by atoms with Crippen LogP contribution in [0.15, 0.2) is 109 Å². The number of carbonyl (C=O) groups is 9. The molecule has 36 heteroatoms. The summed E-state index contributed by atoms with van der Waals surface area (Å²) in [7, 11) is 0.611. The molecule has 8 aliphatic rings. The Kier molecular flexibility index (Phi) is 30.8. The first-order valence-corrected chi connectivity index (χ1v) is 42.8. The van der Waals surface area contributed by atoms with Crippen molar-refractivity contribution in [3.8, 4) is 0 Å². The molecule has 0 fully saturated rings. The number of carboxylic acids is 8. The number of aryl methyl sites for hydroxylation is 3. The van der Waals surface area contributed by atoms with Crippen molar-refractivity contribution in [2.45, 2.75) is 185 Å². The van der Waals surface area contributed by atoms with E-state index in [4.69, 9.17) is 40.9 Å². The molecule has 0 unspecified atom stereocenters. The van der Waals surface area contributed by atoms with Gasteiger partial charge in [-0.25, -0.2) is 51.5 Å². The third-order valence-corrected chi connectivity index (χ3v) is 23.4. The zero-order valence-corrected chi connectivity index (χ0v) is 69.9. The zero-order valence-electron chi connectivity index (χ0n) is 69.1. The highest BCUT2D eigenvalue weighted by Gasteiger charge is 2.33. The summed E-state index contributed by atoms with van der Waals surface area (Å²) in [5.74, 6) is -7.29. The van der Waals surface area contributed by atoms with Gasteiger partial charge < -0.3 is 118 Å². The highest BCUT2D eigenvalue weighted by atomic mass is 32.2. The number of carboxylic acid groups (broad SMARTS) is 8. The van der Waals surface area contributed by atoms with Gasteiger partial charge in [-0.1, -0.05) is 74.5 Å². The van der Waals surface area contributed by atoms with Gasteiger partial charge in [-0.3, -0.25) is 4.79 Å². The van der Waals surface area contributed by atoms with Crippen LogP contribution in [0.3, 0.4) is 0 Å². The smallest absolute Gasteiger partial charge is 0.352 e. The van der Waals surface area contributed by atoms with E-state index in [1.54, 1.807) is 48.5 Å². The van der Waals surface area contributed by atoms with E-state index in [0.717, 1.165) is 200 Å². The summed E-state index contributed by atoms with van der Waals surface area (Å²) in [6.07, 6.45) is 14.9. The molecule has 0 saturated heterocycles. The van der Waals surface area contributed by atoms with E-state index in [1.165, 1.54) is 18.1 Å². The summed E-state index contributed by atoms with van der Waals surface area (Å²) in [5, 5.41) is 93.3. The van der Waals surface area contributed by atoms with Crippen LogP contribution in [0.5, 0.6) is 0 Å². The van der Waals surface area contributed by atoms with Crippen molar-refractivity contribution in [2.75, 3.05) is 33.4 Å². The van der Waals surface area contributed by atoms with Crippen LogP contribution < -0.4 is 41.9 Å². The van der Waals surface area contributed by atoms with E-state index in [9.17, 15) is 51.6 Å². The Bertz CT molecular complexity index is 5420. The third kappa shape index (κ3) is 24.5. The Hall–Kier alpha value is -12.4. The first-order chi connectivity index (χ1) is 58.7. The van der Waals surface area contributed by atoms with E-state index in [2.05, 4.69) is 120 Å². The highest BCUT2D eigenvalue weighted by molar-refractivity contribution is 7.88. The molecule has 0 radical (unpaired) electrons. The predicted octanol–water partition coefficient (Wildman–Crippen LogP) is 7.92. The van der Waals surface area contributed by atoms with Crippen LogP contribution in [0, 0.1) is 0 Å². The molecule has 0 spiro atoms. The number of hydrogen-bond acceptors (Lipinski definition) is 17. The van der Waals surface area contributed by atoms with Crippen molar-refractivity contribution in [3.63, 3.8) is 0 Å². The van der Waals surface area contributed by atoms with Crippen LogP contribution >= 0.6 is 0 Å². The molecule has 35 nitrogen and oxygen atoms in total. The summed E-state index contributed by atoms with van der Waals surface area (Å²) in [6, 6.07) is 36.3. The fraction of sp³-hybridized carbons (Fsp3) is 0.391. The summed E-state index contributed by atoms with van der Waals surface area (Å²) >= 11 is 0. The summed E-state index contributed by atoms with van der Waals surface area (Å²) in [6.45, 7) is 9.14. The normalized spacial score (nSPS) is 18.9. The second-order valence-electron chi connectivity index (χ2n) is 31.5. The first kappa shape index (κ1) is 91.3. The minimum absolute atomic E-state index is 0.0522. The van der Waals surface area contributed by atoms with Gasteiger partial charge in [0, 0.05) is 146 Å². The Morgan fingerprint density at radius 3 is 0.959 bits per heavy atom. The molecular formula is C87H108N16O19S. The Labute approximate surface area is 708 Å². The minimum atomic E-state index is -3.21. The molecule has 8 aliphatic carbocycles. The van der Waals surface area contributed by atoms with Gasteiger partial charge in [-0.15, -0.1) is 0 Å². The average molecular weight is 1710 g/mol. The van der Waals surface area contributed by atoms with Gasteiger partial charge in [0.15, 0.2) is 0 Å². The molecule has 8 aromatic heterocycles. The molecule has 10 aromatic rings. The number of hydrogen-bond donors (Lipinski definition) is 24. The Morgan fingerprint density at radius 2 is 0.626 bits per heavy atom. The maximum atomic E-state index is 11.0. The van der Waals surface area contributed by atoms with Crippen molar-refractivity contribution in [2.24, 2.45) is 0 Å². The van der Waals surface area contributed by atoms with Crippen molar-refractivity contribution >= 4 is 63.7 Å². The molecule has 123 heavy (non-hydrogen) atoms. The molecular weight excluding hydrogens is 1610 g/mol. The maximum absolute atomic E-state index is 11.0. The predicted molar refractivity (Wildman–Crippen MR) is 455 cm³/mol. The molecule has 0 aliphatic heterocycles. The van der Waals surface area contributed by atoms with Crippen molar-refractivity contribution < 1.29 is 92.4 Å². The van der Waals surface area contributed by atoms with Crippen molar-refractivity contribution in [1.82, 2.24) is 81.8 Å². The van der Waals surface area contributed by atoms with Crippen LogP contribution in [0.1, 0.15) is 243 Å². The van der Waals surface area contributed by atoms with Gasteiger partial charge in [-0.05, 0) is 202 Å². The van der Waals surface area contributed by atoms with Gasteiger partial charge >= 0.3 is 47.8 Å². The number of aromatic carboxylic acids is 8. The van der Waals surface area contributed by atoms with E-state index in [-0.39, 0.29) is 41.1 Å². The number of amides is 1. The molecule has 2 aromatic carbocycles. The highest BCUT2D eigenvalue weighted by Crippen LogP contribution is 2.35. The average Bonchev–Trinajstić information content (AvgIpc) is 1.54. The maximum Gasteiger partial charge on any atom is 0.352 e. The van der Waals surface area contributed by atoms with Crippen molar-refractivity contribution in [3.05, 3.63) is 256 Å². The summed E-state index contributed by atoms with van der Waals surface area (Å²) in [5.41, 5.74) is 21.4. The molecule has 8 heterocycles. The number of aromatic nitrogens is 8. The largest absolute Gasteiger partial charge is 0.477 e. The number of benzene rings is 2. The second-order valence-corrected chi connectivity index (χ2v) is 33.3. The standard InChI is InChI=1S/2C15H16N2O2.C10H12N2O3.2C10H14N2O2.C9H12N2O4S.2C9H12N2O2/c18-15(19)14-7-11-6-12(8-13(11)17-14)16-9-10-4-2-1-3-5-10;18-15(19)14-8-11-12(6-7-13(11)17-14)16-9-10-4-2-1-3-5-10;1-5(13)11-7-2-6-3-9(10(14)15)12-8(6)4-7;1-2-11-7-3-6-4-9(10(13)14)12-8(6)5-7;1-2-11-7-3-4-8-6(7)5-9(12-8)10(13)14;1-16(14,15)11-6-2-5-3-8(9(12)13)10-7(5)4-6;1-10-6-2-5-3-8(9(12)13)11-7(5)4-6;1-10-6-2-3-7-5(6)4-8(11-7)9(12)13/h1-5,7,12,16-17H,6,8-9H2,(H,18,19);1-5,8,12,16-17H,6-7,9H2,(H,18,19);3,7,12H,2,4H2,1H3,(H,11,13)(H,14,15);4,7,11-12H,2-3,5H2,1H3,(H,13,14);5,7,11-12H,2-4H2,1H3,(H,13,14);3,6,10-11H,2,4H2,1H3,(H,12,13);3,6,10-11H,2,4H2,1H3,(H,12,13);4,6,10-11H,2-3H2,1H3,(H,12,13)/t2*12-;3*7-;3*6-/m10110110/s1. The topological polar surface area (TPSA) is 572 Å². The third-order valence-electron chi connectivity index (χ3n) is 22.7. The van der Waals surface area contributed by atoms with Crippen LogP contribution in [0.2, 0.25) is 0 Å². The number of aromatic amines is 8. The number of H-pyrrole nitrogens is 8. The lowest BCUT2D eigenvalue weighted by Gasteiger charge is -2.12. The van der Waals surface area contributed by atoms with E-state index in [0.29, 0.717) is 84.4 Å². The number of sulfonamides is 1. The SMILES string of the molecule is CC(=O)N[C@@H]1Cc2cc(C(=O)O)[nH]c2C1.CCN[C@@H]1Cc2cc(C(=O)O)[nH]c2C1.CCN[C@H]1CCc2[nH]c(C(=O)O)cc21.CN[C@@H]1Cc2cc(C(=O)O)[nH]c2C1.CN[C@H]1CCc2[nH]c(C(=O)O)cc21.CS(=O)(=O)N[C@@H]1Cc2cc(C(=O)O)[nH]c2C1.O=C(O)c1cc2c([nH]1)CC[C@@H]2NCc1ccccc1.O=C(O)c1cc2c([nH]1)C[C@H](NCc1ccccc1)C2. The van der Waals surface area contributed by atoms with Crippen LogP contribution in [-0.4, -0.2) is 206 Å². The minimum Gasteiger partial charge on any atom is -0.477 e. The number of fused-ring (bicyclic) bond motifs is 8. The zero-order chi connectivity index (χ0) is 88.5. The number of carbonyl (C=O) groups excluding carboxylic acids is 1.